The summed E-state index contributed by atoms with van der Waals surface area (Å²) in [6, 6.07) is 1.80. The van der Waals surface area contributed by atoms with E-state index < -0.39 is 10.0 Å². The third kappa shape index (κ3) is 3.86. The smallest absolute Gasteiger partial charge is 0.223 e. The van der Waals surface area contributed by atoms with Crippen molar-refractivity contribution in [2.24, 2.45) is 5.92 Å². The van der Waals surface area contributed by atoms with Gasteiger partial charge in [0.1, 0.15) is 0 Å². The lowest BCUT2D eigenvalue weighted by Gasteiger charge is -2.30. The molecule has 1 aromatic rings. The summed E-state index contributed by atoms with van der Waals surface area (Å²) in [5.41, 5.74) is 1.01. The molecule has 1 aromatic heterocycles. The number of hydrogen-bond acceptors (Lipinski definition) is 4. The third-order valence-electron chi connectivity index (χ3n) is 4.31. The highest BCUT2D eigenvalue weighted by Crippen LogP contribution is 2.33. The molecular formula is C14H22N4O3S. The van der Waals surface area contributed by atoms with Gasteiger partial charge in [-0.25, -0.2) is 13.1 Å². The predicted octanol–water partition coefficient (Wildman–Crippen LogP) is 0.333. The first-order valence-electron chi connectivity index (χ1n) is 7.67. The van der Waals surface area contributed by atoms with Crippen LogP contribution in [0.1, 0.15) is 31.4 Å². The molecule has 1 fully saturated rings. The Bertz CT molecular complexity index is 651. The van der Waals surface area contributed by atoms with Crippen LogP contribution in [0.25, 0.3) is 0 Å². The maximum absolute atomic E-state index is 12.6. The van der Waals surface area contributed by atoms with Crippen LogP contribution < -0.4 is 4.72 Å². The molecule has 22 heavy (non-hydrogen) atoms. The van der Waals surface area contributed by atoms with Gasteiger partial charge in [-0.3, -0.25) is 9.48 Å². The number of amides is 1. The fraction of sp³-hybridized carbons (Fsp3) is 0.714. The Morgan fingerprint density at radius 3 is 2.86 bits per heavy atom. The highest BCUT2D eigenvalue weighted by atomic mass is 32.2. The lowest BCUT2D eigenvalue weighted by Crippen LogP contribution is -2.46. The van der Waals surface area contributed by atoms with Crippen LogP contribution in [0, 0.1) is 5.92 Å². The fourth-order valence-corrected chi connectivity index (χ4v) is 3.36. The number of carbonyl (C=O) groups is 1. The minimum Gasteiger partial charge on any atom is -0.332 e. The monoisotopic (exact) mass is 326 g/mol. The minimum atomic E-state index is -3.26. The number of hydrogen-bond donors (Lipinski definition) is 1. The quantitative estimate of drug-likeness (QED) is 0.845. The first-order valence-corrected chi connectivity index (χ1v) is 9.56. The molecule has 0 aromatic carbocycles. The number of carbonyl (C=O) groups excluding carboxylic acids is 1. The second kappa shape index (κ2) is 6.00. The SMILES string of the molecule is CS(=O)(=O)NC[C@H]1CCn2nccc2CN1C(=O)CC1CC1. The zero-order valence-corrected chi connectivity index (χ0v) is 13.6. The summed E-state index contributed by atoms with van der Waals surface area (Å²) in [7, 11) is -3.26. The summed E-state index contributed by atoms with van der Waals surface area (Å²) in [5, 5.41) is 4.27. The maximum Gasteiger partial charge on any atom is 0.223 e. The first kappa shape index (κ1) is 15.5. The van der Waals surface area contributed by atoms with Crippen molar-refractivity contribution >= 4 is 15.9 Å². The summed E-state index contributed by atoms with van der Waals surface area (Å²) in [6.45, 7) is 1.47. The van der Waals surface area contributed by atoms with Crippen LogP contribution in [0.2, 0.25) is 0 Å². The molecule has 8 heteroatoms. The average Bonchev–Trinajstić information content (AvgIpc) is 3.17. The molecule has 1 N–H and O–H groups in total. The van der Waals surface area contributed by atoms with Crippen molar-refractivity contribution in [1.82, 2.24) is 19.4 Å². The molecule has 0 unspecified atom stereocenters. The van der Waals surface area contributed by atoms with Gasteiger partial charge in [0.05, 0.1) is 18.5 Å². The second-order valence-corrected chi connectivity index (χ2v) is 8.11. The Morgan fingerprint density at radius 2 is 2.18 bits per heavy atom. The van der Waals surface area contributed by atoms with E-state index >= 15 is 0 Å². The number of fused-ring (bicyclic) bond motifs is 1. The molecule has 0 saturated heterocycles. The molecule has 0 radical (unpaired) electrons. The van der Waals surface area contributed by atoms with Gasteiger partial charge in [0.15, 0.2) is 0 Å². The van der Waals surface area contributed by atoms with E-state index in [2.05, 4.69) is 9.82 Å². The second-order valence-electron chi connectivity index (χ2n) is 6.28. The van der Waals surface area contributed by atoms with E-state index in [4.69, 9.17) is 0 Å². The van der Waals surface area contributed by atoms with Gasteiger partial charge in [0.2, 0.25) is 15.9 Å². The van der Waals surface area contributed by atoms with Crippen LogP contribution in [0.4, 0.5) is 0 Å². The molecule has 1 amide bonds. The van der Waals surface area contributed by atoms with Crippen molar-refractivity contribution in [3.63, 3.8) is 0 Å². The van der Waals surface area contributed by atoms with Crippen molar-refractivity contribution < 1.29 is 13.2 Å². The van der Waals surface area contributed by atoms with E-state index in [1.54, 1.807) is 6.20 Å². The Balaban J connectivity index is 1.75. The van der Waals surface area contributed by atoms with E-state index in [-0.39, 0.29) is 18.5 Å². The Morgan fingerprint density at radius 1 is 1.41 bits per heavy atom. The highest BCUT2D eigenvalue weighted by Gasteiger charge is 2.32. The lowest BCUT2D eigenvalue weighted by molar-refractivity contribution is -0.134. The van der Waals surface area contributed by atoms with Crippen molar-refractivity contribution in [1.29, 1.82) is 0 Å². The summed E-state index contributed by atoms with van der Waals surface area (Å²) in [6.07, 6.45) is 6.42. The van der Waals surface area contributed by atoms with Crippen LogP contribution in [-0.2, 0) is 27.9 Å². The number of aryl methyl sites for hydroxylation is 1. The van der Waals surface area contributed by atoms with E-state index in [0.29, 0.717) is 31.8 Å². The van der Waals surface area contributed by atoms with Gasteiger partial charge in [-0.1, -0.05) is 0 Å². The van der Waals surface area contributed by atoms with E-state index in [1.165, 1.54) is 0 Å². The zero-order chi connectivity index (χ0) is 15.7. The highest BCUT2D eigenvalue weighted by molar-refractivity contribution is 7.88. The average molecular weight is 326 g/mol. The normalized spacial score (nSPS) is 22.2. The van der Waals surface area contributed by atoms with Crippen molar-refractivity contribution in [2.75, 3.05) is 12.8 Å². The van der Waals surface area contributed by atoms with Crippen molar-refractivity contribution in [3.8, 4) is 0 Å². The summed E-state index contributed by atoms with van der Waals surface area (Å²) >= 11 is 0. The van der Waals surface area contributed by atoms with Crippen LogP contribution in [0.5, 0.6) is 0 Å². The topological polar surface area (TPSA) is 84.3 Å². The Kier molecular flexibility index (Phi) is 4.22. The minimum absolute atomic E-state index is 0.123. The Hall–Kier alpha value is -1.41. The van der Waals surface area contributed by atoms with E-state index in [9.17, 15) is 13.2 Å². The molecule has 122 valence electrons. The predicted molar refractivity (Wildman–Crippen MR) is 81.4 cm³/mol. The lowest BCUT2D eigenvalue weighted by atomic mass is 10.1. The third-order valence-corrected chi connectivity index (χ3v) is 5.00. The van der Waals surface area contributed by atoms with E-state index in [1.807, 2.05) is 15.6 Å². The molecular weight excluding hydrogens is 304 g/mol. The number of nitrogens with one attached hydrogen (secondary N) is 1. The van der Waals surface area contributed by atoms with Crippen LogP contribution in [-0.4, -0.2) is 47.8 Å². The molecule has 7 nitrogen and oxygen atoms in total. The summed E-state index contributed by atoms with van der Waals surface area (Å²) in [4.78, 5) is 14.4. The zero-order valence-electron chi connectivity index (χ0n) is 12.7. The number of rotatable bonds is 5. The van der Waals surface area contributed by atoms with Crippen LogP contribution in [0.3, 0.4) is 0 Å². The number of nitrogens with zero attached hydrogens (tertiary/aromatic N) is 3. The molecule has 0 spiro atoms. The molecule has 2 aliphatic rings. The molecule has 1 atom stereocenters. The van der Waals surface area contributed by atoms with Crippen molar-refractivity contribution in [2.45, 2.75) is 44.8 Å². The van der Waals surface area contributed by atoms with Gasteiger partial charge in [-0.15, -0.1) is 0 Å². The molecule has 1 saturated carbocycles. The van der Waals surface area contributed by atoms with Gasteiger partial charge in [0.25, 0.3) is 0 Å². The van der Waals surface area contributed by atoms with Gasteiger partial charge in [0, 0.05) is 31.7 Å². The molecule has 3 rings (SSSR count). The number of aromatic nitrogens is 2. The number of sulfonamides is 1. The molecule has 1 aliphatic carbocycles. The molecule has 0 bridgehead atoms. The van der Waals surface area contributed by atoms with E-state index in [0.717, 1.165) is 24.8 Å². The fourth-order valence-electron chi connectivity index (χ4n) is 2.86. The van der Waals surface area contributed by atoms with Crippen LogP contribution >= 0.6 is 0 Å². The summed E-state index contributed by atoms with van der Waals surface area (Å²) < 4.78 is 27.2. The first-order chi connectivity index (χ1) is 10.4. The van der Waals surface area contributed by atoms with Gasteiger partial charge in [-0.05, 0) is 31.2 Å². The van der Waals surface area contributed by atoms with Crippen molar-refractivity contribution in [3.05, 3.63) is 18.0 Å². The van der Waals surface area contributed by atoms with Gasteiger partial charge >= 0.3 is 0 Å². The standard InChI is InChI=1S/C14H22N4O3S/c1-22(20,21)16-9-12-5-7-18-13(4-6-15-18)10-17(12)14(19)8-11-2-3-11/h4,6,11-12,16H,2-3,5,7-10H2,1H3/t12-/m1/s1. The Labute approximate surface area is 130 Å². The molecule has 2 heterocycles. The maximum atomic E-state index is 12.6. The molecule has 1 aliphatic heterocycles. The van der Waals surface area contributed by atoms with Gasteiger partial charge < -0.3 is 4.90 Å². The summed E-state index contributed by atoms with van der Waals surface area (Å²) in [5.74, 6) is 0.640. The van der Waals surface area contributed by atoms with Crippen LogP contribution in [0.15, 0.2) is 12.3 Å². The van der Waals surface area contributed by atoms with Gasteiger partial charge in [-0.2, -0.15) is 5.10 Å². The largest absolute Gasteiger partial charge is 0.332 e.